The number of hydrogen-bond acceptors (Lipinski definition) is 6. The van der Waals surface area contributed by atoms with E-state index in [-0.39, 0.29) is 5.92 Å². The monoisotopic (exact) mass is 249 g/mol. The number of rotatable bonds is 3. The van der Waals surface area contributed by atoms with E-state index in [0.29, 0.717) is 23.8 Å². The molecule has 3 heterocycles. The quantitative estimate of drug-likeness (QED) is 0.850. The van der Waals surface area contributed by atoms with Crippen LogP contribution < -0.4 is 5.32 Å². The molecule has 1 N–H and O–H groups in total. The predicted octanol–water partition coefficient (Wildman–Crippen LogP) is 0.615. The fraction of sp³-hybridized carbons (Fsp3) is 0.750. The molecule has 0 saturated carbocycles. The first-order valence-corrected chi connectivity index (χ1v) is 6.59. The van der Waals surface area contributed by atoms with Crippen molar-refractivity contribution in [2.24, 2.45) is 4.99 Å². The van der Waals surface area contributed by atoms with Gasteiger partial charge in [0.25, 0.3) is 0 Å². The summed E-state index contributed by atoms with van der Waals surface area (Å²) in [6.07, 6.45) is 0. The highest BCUT2D eigenvalue weighted by Crippen LogP contribution is 2.23. The maximum atomic E-state index is 5.27. The van der Waals surface area contributed by atoms with E-state index >= 15 is 0 Å². The van der Waals surface area contributed by atoms with Crippen LogP contribution >= 0.6 is 0 Å². The molecule has 1 aromatic rings. The van der Waals surface area contributed by atoms with Gasteiger partial charge in [0.2, 0.25) is 11.7 Å². The van der Waals surface area contributed by atoms with Gasteiger partial charge in [-0.3, -0.25) is 4.99 Å². The van der Waals surface area contributed by atoms with Gasteiger partial charge < -0.3 is 14.7 Å². The smallest absolute Gasteiger partial charge is 0.237 e. The molecule has 6 heteroatoms. The van der Waals surface area contributed by atoms with Crippen molar-refractivity contribution in [3.05, 3.63) is 11.7 Å². The van der Waals surface area contributed by atoms with Crippen LogP contribution in [-0.4, -0.2) is 52.6 Å². The second-order valence-electron chi connectivity index (χ2n) is 5.14. The molecule has 18 heavy (non-hydrogen) atoms. The zero-order valence-corrected chi connectivity index (χ0v) is 11.1. The lowest BCUT2D eigenvalue weighted by Gasteiger charge is -2.23. The lowest BCUT2D eigenvalue weighted by molar-refractivity contribution is 0.348. The van der Waals surface area contributed by atoms with Crippen molar-refractivity contribution >= 4 is 5.84 Å². The number of amidine groups is 1. The van der Waals surface area contributed by atoms with E-state index in [4.69, 9.17) is 9.52 Å². The van der Waals surface area contributed by atoms with Crippen LogP contribution in [0.25, 0.3) is 0 Å². The topological polar surface area (TPSA) is 66.5 Å². The Morgan fingerprint density at radius 3 is 2.94 bits per heavy atom. The van der Waals surface area contributed by atoms with E-state index in [1.54, 1.807) is 0 Å². The number of nitrogens with zero attached hydrogens (tertiary/aromatic N) is 4. The van der Waals surface area contributed by atoms with E-state index in [9.17, 15) is 0 Å². The van der Waals surface area contributed by atoms with Crippen LogP contribution in [0.4, 0.5) is 0 Å². The minimum Gasteiger partial charge on any atom is -0.347 e. The molecule has 0 bridgehead atoms. The molecule has 1 fully saturated rings. The fourth-order valence-electron chi connectivity index (χ4n) is 2.62. The molecule has 2 unspecified atom stereocenters. The average Bonchev–Trinajstić information content (AvgIpc) is 3.02. The van der Waals surface area contributed by atoms with E-state index < -0.39 is 0 Å². The number of aromatic nitrogens is 2. The molecule has 0 radical (unpaired) electrons. The fourth-order valence-corrected chi connectivity index (χ4v) is 2.62. The van der Waals surface area contributed by atoms with Crippen molar-refractivity contribution < 1.29 is 4.52 Å². The molecular formula is C12H19N5O. The zero-order chi connectivity index (χ0) is 12.7. The van der Waals surface area contributed by atoms with Crippen LogP contribution in [0.5, 0.6) is 0 Å². The van der Waals surface area contributed by atoms with E-state index in [0.717, 1.165) is 25.5 Å². The third-order valence-corrected chi connectivity index (χ3v) is 3.59. The van der Waals surface area contributed by atoms with Crippen LogP contribution in [0.15, 0.2) is 9.52 Å². The number of likely N-dealkylation sites (N-methyl/N-ethyl adjacent to an activating group) is 1. The van der Waals surface area contributed by atoms with Crippen LogP contribution in [0.1, 0.15) is 38.4 Å². The van der Waals surface area contributed by atoms with Gasteiger partial charge in [-0.1, -0.05) is 19.0 Å². The first kappa shape index (κ1) is 11.6. The van der Waals surface area contributed by atoms with E-state index in [1.807, 2.05) is 13.8 Å². The largest absolute Gasteiger partial charge is 0.347 e. The normalized spacial score (nSPS) is 26.9. The van der Waals surface area contributed by atoms with Crippen molar-refractivity contribution in [3.8, 4) is 0 Å². The Hall–Kier alpha value is -1.43. The molecule has 1 saturated heterocycles. The molecule has 2 aliphatic rings. The second kappa shape index (κ2) is 4.35. The Labute approximate surface area is 106 Å². The van der Waals surface area contributed by atoms with Gasteiger partial charge in [-0.15, -0.1) is 0 Å². The summed E-state index contributed by atoms with van der Waals surface area (Å²) < 4.78 is 5.27. The summed E-state index contributed by atoms with van der Waals surface area (Å²) >= 11 is 0. The van der Waals surface area contributed by atoms with Gasteiger partial charge >= 0.3 is 0 Å². The Kier molecular flexibility index (Phi) is 2.81. The van der Waals surface area contributed by atoms with Crippen LogP contribution in [0, 0.1) is 0 Å². The lowest BCUT2D eigenvalue weighted by Crippen LogP contribution is -2.40. The predicted molar refractivity (Wildman–Crippen MR) is 67.7 cm³/mol. The third kappa shape index (κ3) is 1.71. The molecule has 6 nitrogen and oxygen atoms in total. The average molecular weight is 249 g/mol. The molecule has 98 valence electrons. The highest BCUT2D eigenvalue weighted by molar-refractivity contribution is 5.97. The Morgan fingerprint density at radius 1 is 1.44 bits per heavy atom. The minimum absolute atomic E-state index is 0.254. The van der Waals surface area contributed by atoms with Crippen molar-refractivity contribution in [1.82, 2.24) is 20.4 Å². The van der Waals surface area contributed by atoms with Gasteiger partial charge in [-0.2, -0.15) is 4.98 Å². The molecule has 2 aliphatic heterocycles. The standard InChI is InChI=1S/C12H19N5O/c1-4-17-9-6-13-5-8(9)14-11(17)10-15-12(7(2)3)18-16-10/h7-9,13H,4-6H2,1-3H3. The summed E-state index contributed by atoms with van der Waals surface area (Å²) in [7, 11) is 0. The van der Waals surface area contributed by atoms with Crippen molar-refractivity contribution in [2.75, 3.05) is 19.6 Å². The van der Waals surface area contributed by atoms with Crippen LogP contribution in [0.3, 0.4) is 0 Å². The summed E-state index contributed by atoms with van der Waals surface area (Å²) in [5.41, 5.74) is 0. The molecule has 2 atom stereocenters. The molecular weight excluding hydrogens is 230 g/mol. The highest BCUT2D eigenvalue weighted by Gasteiger charge is 2.40. The second-order valence-corrected chi connectivity index (χ2v) is 5.14. The summed E-state index contributed by atoms with van der Waals surface area (Å²) in [4.78, 5) is 11.5. The zero-order valence-electron chi connectivity index (χ0n) is 11.1. The van der Waals surface area contributed by atoms with Crippen molar-refractivity contribution in [1.29, 1.82) is 0 Å². The summed E-state index contributed by atoms with van der Waals surface area (Å²) in [6, 6.07) is 0.784. The Morgan fingerprint density at radius 2 is 2.28 bits per heavy atom. The van der Waals surface area contributed by atoms with Gasteiger partial charge in [0.05, 0.1) is 12.1 Å². The first-order chi connectivity index (χ1) is 8.70. The third-order valence-electron chi connectivity index (χ3n) is 3.59. The highest BCUT2D eigenvalue weighted by atomic mass is 16.5. The molecule has 1 aromatic heterocycles. The molecule has 0 amide bonds. The van der Waals surface area contributed by atoms with Gasteiger partial charge in [0.15, 0.2) is 5.84 Å². The lowest BCUT2D eigenvalue weighted by atomic mass is 10.2. The minimum atomic E-state index is 0.254. The maximum Gasteiger partial charge on any atom is 0.237 e. The Balaban J connectivity index is 1.90. The van der Waals surface area contributed by atoms with Gasteiger partial charge in [0.1, 0.15) is 0 Å². The van der Waals surface area contributed by atoms with Crippen molar-refractivity contribution in [2.45, 2.75) is 38.8 Å². The number of fused-ring (bicyclic) bond motifs is 1. The van der Waals surface area contributed by atoms with Crippen LogP contribution in [0.2, 0.25) is 0 Å². The van der Waals surface area contributed by atoms with Crippen LogP contribution in [-0.2, 0) is 0 Å². The Bertz CT molecular complexity index is 467. The molecule has 3 rings (SSSR count). The molecule has 0 spiro atoms. The van der Waals surface area contributed by atoms with Gasteiger partial charge in [-0.05, 0) is 6.92 Å². The number of aliphatic imine (C=N–C) groups is 1. The number of hydrogen-bond donors (Lipinski definition) is 1. The molecule has 0 aromatic carbocycles. The van der Waals surface area contributed by atoms with E-state index in [1.165, 1.54) is 0 Å². The van der Waals surface area contributed by atoms with E-state index in [2.05, 4.69) is 27.3 Å². The first-order valence-electron chi connectivity index (χ1n) is 6.59. The van der Waals surface area contributed by atoms with Gasteiger partial charge in [-0.25, -0.2) is 0 Å². The molecule has 0 aliphatic carbocycles. The van der Waals surface area contributed by atoms with Gasteiger partial charge in [0, 0.05) is 25.6 Å². The SMILES string of the molecule is CCN1C(c2noc(C(C)C)n2)=NC2CNCC21. The summed E-state index contributed by atoms with van der Waals surface area (Å²) in [6.45, 7) is 9.08. The summed E-state index contributed by atoms with van der Waals surface area (Å²) in [5, 5.41) is 7.44. The number of nitrogens with one attached hydrogen (secondary N) is 1. The summed E-state index contributed by atoms with van der Waals surface area (Å²) in [5.74, 6) is 2.46. The maximum absolute atomic E-state index is 5.27. The van der Waals surface area contributed by atoms with Crippen molar-refractivity contribution in [3.63, 3.8) is 0 Å².